The van der Waals surface area contributed by atoms with Crippen molar-refractivity contribution in [2.75, 3.05) is 31.7 Å². The molecule has 0 atom stereocenters. The van der Waals surface area contributed by atoms with Crippen molar-refractivity contribution in [2.45, 2.75) is 13.8 Å². The van der Waals surface area contributed by atoms with Crippen LogP contribution in [0.1, 0.15) is 29.8 Å². The van der Waals surface area contributed by atoms with Crippen LogP contribution in [0.5, 0.6) is 23.0 Å². The highest BCUT2D eigenvalue weighted by Gasteiger charge is 2.15. The van der Waals surface area contributed by atoms with Gasteiger partial charge in [-0.25, -0.2) is 5.43 Å². The minimum Gasteiger partial charge on any atom is -0.490 e. The quantitative estimate of drug-likeness (QED) is 0.143. The molecule has 0 aliphatic carbocycles. The number of para-hydroxylation sites is 1. The standard InChI is InChI=1S/C29H30BrN3O6/c1-4-14-38-24-13-12-21(17-25(24)36-5-2)29(35)33-31-18-20-15-23(30)28(26(16-20)37-6-3)39-19-27(34)32-22-10-8-7-9-11-22/h4,7-13,15-18H,1,5-6,14,19H2,2-3H3,(H,32,34)(H,33,35)/b31-18+. The molecule has 0 heterocycles. The van der Waals surface area contributed by atoms with Gasteiger partial charge in [-0.05, 0) is 77.8 Å². The Hall–Kier alpha value is -4.31. The van der Waals surface area contributed by atoms with Crippen LogP contribution in [0.2, 0.25) is 0 Å². The van der Waals surface area contributed by atoms with Crippen LogP contribution < -0.4 is 29.7 Å². The highest BCUT2D eigenvalue weighted by atomic mass is 79.9. The second kappa shape index (κ2) is 15.2. The second-order valence-electron chi connectivity index (χ2n) is 7.86. The van der Waals surface area contributed by atoms with E-state index in [9.17, 15) is 9.59 Å². The molecule has 0 unspecified atom stereocenters. The Balaban J connectivity index is 1.67. The Morgan fingerprint density at radius 3 is 2.38 bits per heavy atom. The molecule has 3 aromatic rings. The number of benzene rings is 3. The number of ether oxygens (including phenoxy) is 4. The number of hydrazone groups is 1. The fraction of sp³-hybridized carbons (Fsp3) is 0.207. The minimum absolute atomic E-state index is 0.210. The monoisotopic (exact) mass is 595 g/mol. The van der Waals surface area contributed by atoms with Gasteiger partial charge in [0.2, 0.25) is 0 Å². The lowest BCUT2D eigenvalue weighted by Crippen LogP contribution is -2.20. The fourth-order valence-corrected chi connectivity index (χ4v) is 3.91. The van der Waals surface area contributed by atoms with Crippen LogP contribution in [0.15, 0.2) is 82.9 Å². The highest BCUT2D eigenvalue weighted by molar-refractivity contribution is 9.10. The van der Waals surface area contributed by atoms with E-state index in [0.717, 1.165) is 0 Å². The van der Waals surface area contributed by atoms with Gasteiger partial charge in [0.05, 0.1) is 23.9 Å². The predicted octanol–water partition coefficient (Wildman–Crippen LogP) is 5.59. The maximum atomic E-state index is 12.7. The summed E-state index contributed by atoms with van der Waals surface area (Å²) in [6.07, 6.45) is 3.10. The molecule has 10 heteroatoms. The molecule has 3 rings (SSSR count). The number of carbonyl (C=O) groups is 2. The molecular formula is C29H30BrN3O6. The maximum Gasteiger partial charge on any atom is 0.271 e. The van der Waals surface area contributed by atoms with Crippen LogP contribution in [-0.4, -0.2) is 44.5 Å². The summed E-state index contributed by atoms with van der Waals surface area (Å²) >= 11 is 3.47. The topological polar surface area (TPSA) is 107 Å². The first-order chi connectivity index (χ1) is 18.9. The molecule has 2 N–H and O–H groups in total. The lowest BCUT2D eigenvalue weighted by Gasteiger charge is -2.14. The van der Waals surface area contributed by atoms with E-state index in [2.05, 4.69) is 38.4 Å². The summed E-state index contributed by atoms with van der Waals surface area (Å²) in [5.74, 6) is 1.04. The predicted molar refractivity (Wildman–Crippen MR) is 154 cm³/mol. The molecule has 0 saturated carbocycles. The van der Waals surface area contributed by atoms with Gasteiger partial charge in [0.15, 0.2) is 29.6 Å². The van der Waals surface area contributed by atoms with Crippen LogP contribution >= 0.6 is 15.9 Å². The van der Waals surface area contributed by atoms with E-state index >= 15 is 0 Å². The van der Waals surface area contributed by atoms with Gasteiger partial charge >= 0.3 is 0 Å². The van der Waals surface area contributed by atoms with Crippen molar-refractivity contribution in [1.82, 2.24) is 5.43 Å². The molecule has 204 valence electrons. The average molecular weight is 596 g/mol. The van der Waals surface area contributed by atoms with Gasteiger partial charge < -0.3 is 24.3 Å². The smallest absolute Gasteiger partial charge is 0.271 e. The Morgan fingerprint density at radius 2 is 1.67 bits per heavy atom. The van der Waals surface area contributed by atoms with E-state index < -0.39 is 5.91 Å². The van der Waals surface area contributed by atoms with Gasteiger partial charge in [0.1, 0.15) is 6.61 Å². The summed E-state index contributed by atoms with van der Waals surface area (Å²) in [6, 6.07) is 17.4. The van der Waals surface area contributed by atoms with Crippen LogP contribution in [0, 0.1) is 0 Å². The fourth-order valence-electron chi connectivity index (χ4n) is 3.34. The largest absolute Gasteiger partial charge is 0.490 e. The molecule has 0 aromatic heterocycles. The van der Waals surface area contributed by atoms with Crippen molar-refractivity contribution >= 4 is 39.6 Å². The van der Waals surface area contributed by atoms with Crippen LogP contribution in [0.25, 0.3) is 0 Å². The van der Waals surface area contributed by atoms with Crippen molar-refractivity contribution in [1.29, 1.82) is 0 Å². The van der Waals surface area contributed by atoms with Crippen molar-refractivity contribution < 1.29 is 28.5 Å². The summed E-state index contributed by atoms with van der Waals surface area (Å²) in [6.45, 7) is 8.22. The first-order valence-electron chi connectivity index (χ1n) is 12.2. The molecule has 0 aliphatic rings. The second-order valence-corrected chi connectivity index (χ2v) is 8.71. The number of hydrogen-bond acceptors (Lipinski definition) is 7. The summed E-state index contributed by atoms with van der Waals surface area (Å²) < 4.78 is 23.2. The summed E-state index contributed by atoms with van der Waals surface area (Å²) in [5, 5.41) is 6.84. The number of rotatable bonds is 14. The van der Waals surface area contributed by atoms with Gasteiger partial charge in [0, 0.05) is 11.3 Å². The molecule has 3 aromatic carbocycles. The lowest BCUT2D eigenvalue weighted by atomic mass is 10.2. The van der Waals surface area contributed by atoms with Crippen LogP contribution in [-0.2, 0) is 4.79 Å². The Labute approximate surface area is 235 Å². The van der Waals surface area contributed by atoms with Crippen LogP contribution in [0.3, 0.4) is 0 Å². The third-order valence-corrected chi connectivity index (χ3v) is 5.57. The molecular weight excluding hydrogens is 566 g/mol. The first kappa shape index (κ1) is 29.2. The molecule has 0 aliphatic heterocycles. The van der Waals surface area contributed by atoms with Gasteiger partial charge in [-0.3, -0.25) is 9.59 Å². The molecule has 9 nitrogen and oxygen atoms in total. The van der Waals surface area contributed by atoms with E-state index in [1.165, 1.54) is 6.21 Å². The Kier molecular flexibility index (Phi) is 11.4. The first-order valence-corrected chi connectivity index (χ1v) is 13.0. The number of carbonyl (C=O) groups excluding carboxylic acids is 2. The average Bonchev–Trinajstić information content (AvgIpc) is 2.92. The number of nitrogens with one attached hydrogen (secondary N) is 2. The van der Waals surface area contributed by atoms with Crippen molar-refractivity contribution in [3.05, 3.63) is 88.9 Å². The van der Waals surface area contributed by atoms with E-state index in [1.807, 2.05) is 32.0 Å². The molecule has 39 heavy (non-hydrogen) atoms. The van der Waals surface area contributed by atoms with Crippen molar-refractivity contribution in [3.63, 3.8) is 0 Å². The van der Waals surface area contributed by atoms with Crippen LogP contribution in [0.4, 0.5) is 5.69 Å². The maximum absolute atomic E-state index is 12.7. The van der Waals surface area contributed by atoms with Gasteiger partial charge in [-0.2, -0.15) is 5.10 Å². The molecule has 2 amide bonds. The summed E-state index contributed by atoms with van der Waals surface area (Å²) in [7, 11) is 0. The number of nitrogens with zero attached hydrogens (tertiary/aromatic N) is 1. The Morgan fingerprint density at radius 1 is 0.923 bits per heavy atom. The SMILES string of the molecule is C=CCOc1ccc(C(=O)N/N=C/c2cc(Br)c(OCC(=O)Nc3ccccc3)c(OCC)c2)cc1OCC. The number of hydrogen-bond donors (Lipinski definition) is 2. The number of halogens is 1. The van der Waals surface area contributed by atoms with Crippen molar-refractivity contribution in [3.8, 4) is 23.0 Å². The van der Waals surface area contributed by atoms with E-state index in [-0.39, 0.29) is 12.5 Å². The highest BCUT2D eigenvalue weighted by Crippen LogP contribution is 2.36. The van der Waals surface area contributed by atoms with Gasteiger partial charge in [-0.15, -0.1) is 0 Å². The zero-order valence-electron chi connectivity index (χ0n) is 21.7. The third-order valence-electron chi connectivity index (χ3n) is 4.98. The Bertz CT molecular complexity index is 1310. The van der Waals surface area contributed by atoms with Gasteiger partial charge in [0.25, 0.3) is 11.8 Å². The molecule has 0 saturated heterocycles. The third kappa shape index (κ3) is 8.89. The summed E-state index contributed by atoms with van der Waals surface area (Å²) in [4.78, 5) is 25.0. The molecule has 0 bridgehead atoms. The zero-order valence-corrected chi connectivity index (χ0v) is 23.3. The number of amides is 2. The van der Waals surface area contributed by atoms with Gasteiger partial charge in [-0.1, -0.05) is 30.9 Å². The molecule has 0 spiro atoms. The van der Waals surface area contributed by atoms with E-state index in [0.29, 0.717) is 64.1 Å². The van der Waals surface area contributed by atoms with E-state index in [1.54, 1.807) is 48.5 Å². The molecule has 0 fully saturated rings. The van der Waals surface area contributed by atoms with E-state index in [4.69, 9.17) is 18.9 Å². The summed E-state index contributed by atoms with van der Waals surface area (Å²) in [5.41, 5.74) is 4.17. The lowest BCUT2D eigenvalue weighted by molar-refractivity contribution is -0.118. The van der Waals surface area contributed by atoms with Crippen molar-refractivity contribution in [2.24, 2.45) is 5.10 Å². The zero-order chi connectivity index (χ0) is 28.0. The number of anilines is 1. The molecule has 0 radical (unpaired) electrons. The normalized spacial score (nSPS) is 10.5. The minimum atomic E-state index is -0.420.